The van der Waals surface area contributed by atoms with Gasteiger partial charge in [0.1, 0.15) is 0 Å². The van der Waals surface area contributed by atoms with Crippen LogP contribution in [0.2, 0.25) is 0 Å². The van der Waals surface area contributed by atoms with Crippen LogP contribution >= 0.6 is 11.8 Å². The van der Waals surface area contributed by atoms with E-state index in [-0.39, 0.29) is 11.8 Å². The van der Waals surface area contributed by atoms with E-state index in [9.17, 15) is 9.59 Å². The lowest BCUT2D eigenvalue weighted by Crippen LogP contribution is -2.47. The fraction of sp³-hybridized carbons (Fsp3) is 0.875. The highest BCUT2D eigenvalue weighted by molar-refractivity contribution is 7.99. The molecule has 0 unspecified atom stereocenters. The number of thioether (sulfide) groups is 1. The van der Waals surface area contributed by atoms with Gasteiger partial charge in [0.25, 0.3) is 0 Å². The molecular formula is C16H30N4O2S. The largest absolute Gasteiger partial charge is 0.340 e. The predicted octanol–water partition coefficient (Wildman–Crippen LogP) is 0.0478. The molecule has 2 saturated heterocycles. The van der Waals surface area contributed by atoms with Crippen molar-refractivity contribution in [2.45, 2.75) is 12.8 Å². The van der Waals surface area contributed by atoms with E-state index in [1.165, 1.54) is 0 Å². The first kappa shape index (κ1) is 18.5. The maximum absolute atomic E-state index is 12.1. The molecule has 0 bridgehead atoms. The molecule has 0 atom stereocenters. The van der Waals surface area contributed by atoms with Gasteiger partial charge >= 0.3 is 0 Å². The lowest BCUT2D eigenvalue weighted by molar-refractivity contribution is -0.132. The monoisotopic (exact) mass is 342 g/mol. The number of amides is 2. The molecule has 7 heteroatoms. The number of likely N-dealkylation sites (N-methyl/N-ethyl adjacent to an activating group) is 2. The summed E-state index contributed by atoms with van der Waals surface area (Å²) in [6.07, 6.45) is 1.19. The van der Waals surface area contributed by atoms with Crippen LogP contribution in [0.1, 0.15) is 12.8 Å². The molecule has 2 rings (SSSR count). The SMILES string of the molecule is CN1CCN(C(=O)CCSCCC(=O)N2CCN(C)CC2)CC1. The molecule has 0 N–H and O–H groups in total. The summed E-state index contributed by atoms with van der Waals surface area (Å²) >= 11 is 1.72. The molecular weight excluding hydrogens is 312 g/mol. The Hall–Kier alpha value is -0.790. The standard InChI is InChI=1S/C16H30N4O2S/c1-17-5-9-19(10-6-17)15(21)3-13-23-14-4-16(22)20-11-7-18(2)8-12-20/h3-14H2,1-2H3. The van der Waals surface area contributed by atoms with Crippen molar-refractivity contribution in [3.8, 4) is 0 Å². The van der Waals surface area contributed by atoms with Crippen molar-refractivity contribution >= 4 is 23.6 Å². The Balaban J connectivity index is 1.52. The van der Waals surface area contributed by atoms with Crippen LogP contribution in [0.3, 0.4) is 0 Å². The molecule has 0 aromatic carbocycles. The highest BCUT2D eigenvalue weighted by Gasteiger charge is 2.20. The molecule has 0 saturated carbocycles. The lowest BCUT2D eigenvalue weighted by atomic mass is 10.3. The molecule has 0 radical (unpaired) electrons. The van der Waals surface area contributed by atoms with Crippen molar-refractivity contribution in [2.75, 3.05) is 78.0 Å². The van der Waals surface area contributed by atoms with Gasteiger partial charge in [0.2, 0.25) is 11.8 Å². The maximum atomic E-state index is 12.1. The van der Waals surface area contributed by atoms with Crippen LogP contribution in [-0.2, 0) is 9.59 Å². The van der Waals surface area contributed by atoms with Gasteiger partial charge in [0.15, 0.2) is 0 Å². The number of carbonyl (C=O) groups is 2. The van der Waals surface area contributed by atoms with Crippen LogP contribution in [-0.4, -0.2) is 109 Å². The third-order valence-electron chi connectivity index (χ3n) is 4.63. The second kappa shape index (κ2) is 9.49. The van der Waals surface area contributed by atoms with Crippen LogP contribution < -0.4 is 0 Å². The van der Waals surface area contributed by atoms with E-state index in [1.807, 2.05) is 9.80 Å². The van der Waals surface area contributed by atoms with E-state index in [0.717, 1.165) is 63.9 Å². The Kier molecular flexibility index (Phi) is 7.65. The summed E-state index contributed by atoms with van der Waals surface area (Å²) in [5.74, 6) is 2.16. The summed E-state index contributed by atoms with van der Waals surface area (Å²) < 4.78 is 0. The van der Waals surface area contributed by atoms with Crippen molar-refractivity contribution < 1.29 is 9.59 Å². The smallest absolute Gasteiger partial charge is 0.223 e. The minimum absolute atomic E-state index is 0.260. The molecule has 2 amide bonds. The summed E-state index contributed by atoms with van der Waals surface area (Å²) in [7, 11) is 4.18. The number of carbonyl (C=O) groups excluding carboxylic acids is 2. The van der Waals surface area contributed by atoms with Crippen molar-refractivity contribution in [3.05, 3.63) is 0 Å². The van der Waals surface area contributed by atoms with E-state index in [2.05, 4.69) is 23.9 Å². The lowest BCUT2D eigenvalue weighted by Gasteiger charge is -2.32. The Labute approximate surface area is 144 Å². The molecule has 2 heterocycles. The van der Waals surface area contributed by atoms with Crippen LogP contribution in [0.5, 0.6) is 0 Å². The third kappa shape index (κ3) is 6.31. The minimum Gasteiger partial charge on any atom is -0.340 e. The molecule has 0 aromatic rings. The predicted molar refractivity (Wildman–Crippen MR) is 94.7 cm³/mol. The normalized spacial score (nSPS) is 20.8. The van der Waals surface area contributed by atoms with Gasteiger partial charge in [0.05, 0.1) is 0 Å². The van der Waals surface area contributed by atoms with E-state index < -0.39 is 0 Å². The Morgan fingerprint density at radius 3 is 1.39 bits per heavy atom. The van der Waals surface area contributed by atoms with E-state index in [0.29, 0.717) is 12.8 Å². The number of hydrogen-bond donors (Lipinski definition) is 0. The quantitative estimate of drug-likeness (QED) is 0.638. The van der Waals surface area contributed by atoms with Crippen LogP contribution in [0.25, 0.3) is 0 Å². The van der Waals surface area contributed by atoms with Gasteiger partial charge in [-0.15, -0.1) is 0 Å². The van der Waals surface area contributed by atoms with Crippen LogP contribution in [0, 0.1) is 0 Å². The van der Waals surface area contributed by atoms with E-state index in [1.54, 1.807) is 11.8 Å². The number of piperazine rings is 2. The first-order valence-electron chi connectivity index (χ1n) is 8.56. The second-order valence-corrected chi connectivity index (χ2v) is 7.71. The number of rotatable bonds is 6. The van der Waals surface area contributed by atoms with Crippen LogP contribution in [0.15, 0.2) is 0 Å². The molecule has 2 aliphatic rings. The van der Waals surface area contributed by atoms with Crippen molar-refractivity contribution in [3.63, 3.8) is 0 Å². The van der Waals surface area contributed by atoms with E-state index in [4.69, 9.17) is 0 Å². The van der Waals surface area contributed by atoms with Gasteiger partial charge in [-0.1, -0.05) is 0 Å². The maximum Gasteiger partial charge on any atom is 0.223 e. The van der Waals surface area contributed by atoms with Crippen LogP contribution in [0.4, 0.5) is 0 Å². The van der Waals surface area contributed by atoms with Gasteiger partial charge in [-0.25, -0.2) is 0 Å². The van der Waals surface area contributed by atoms with Gasteiger partial charge in [-0.05, 0) is 14.1 Å². The summed E-state index contributed by atoms with van der Waals surface area (Å²) in [6.45, 7) is 7.28. The fourth-order valence-electron chi connectivity index (χ4n) is 2.85. The summed E-state index contributed by atoms with van der Waals surface area (Å²) in [6, 6.07) is 0. The summed E-state index contributed by atoms with van der Waals surface area (Å²) in [4.78, 5) is 32.6. The van der Waals surface area contributed by atoms with Gasteiger partial charge < -0.3 is 19.6 Å². The summed E-state index contributed by atoms with van der Waals surface area (Å²) in [5, 5.41) is 0. The van der Waals surface area contributed by atoms with Crippen molar-refractivity contribution in [1.29, 1.82) is 0 Å². The van der Waals surface area contributed by atoms with E-state index >= 15 is 0 Å². The highest BCUT2D eigenvalue weighted by atomic mass is 32.2. The first-order valence-corrected chi connectivity index (χ1v) is 9.72. The molecule has 132 valence electrons. The number of nitrogens with zero attached hydrogens (tertiary/aromatic N) is 4. The third-order valence-corrected chi connectivity index (χ3v) is 5.62. The molecule has 2 aliphatic heterocycles. The summed E-state index contributed by atoms with van der Waals surface area (Å²) in [5.41, 5.74) is 0. The molecule has 6 nitrogen and oxygen atoms in total. The zero-order valence-electron chi connectivity index (χ0n) is 14.5. The molecule has 23 heavy (non-hydrogen) atoms. The number of hydrogen-bond acceptors (Lipinski definition) is 5. The van der Waals surface area contributed by atoms with Crippen molar-refractivity contribution in [2.24, 2.45) is 0 Å². The van der Waals surface area contributed by atoms with Gasteiger partial charge in [-0.2, -0.15) is 11.8 Å². The minimum atomic E-state index is 0.260. The Bertz CT molecular complexity index is 356. The van der Waals surface area contributed by atoms with Gasteiger partial charge in [0, 0.05) is 76.7 Å². The zero-order valence-corrected chi connectivity index (χ0v) is 15.3. The first-order chi connectivity index (χ1) is 11.1. The molecule has 2 fully saturated rings. The molecule has 0 aliphatic carbocycles. The van der Waals surface area contributed by atoms with Gasteiger partial charge in [-0.3, -0.25) is 9.59 Å². The highest BCUT2D eigenvalue weighted by Crippen LogP contribution is 2.10. The molecule has 0 spiro atoms. The second-order valence-electron chi connectivity index (χ2n) is 6.48. The Morgan fingerprint density at radius 2 is 1.04 bits per heavy atom. The Morgan fingerprint density at radius 1 is 0.696 bits per heavy atom. The van der Waals surface area contributed by atoms with Crippen molar-refractivity contribution in [1.82, 2.24) is 19.6 Å². The topological polar surface area (TPSA) is 47.1 Å². The molecule has 0 aromatic heterocycles. The fourth-order valence-corrected chi connectivity index (χ4v) is 3.69. The average Bonchev–Trinajstić information content (AvgIpc) is 2.55. The zero-order chi connectivity index (χ0) is 16.7. The average molecular weight is 343 g/mol.